The van der Waals surface area contributed by atoms with Crippen molar-refractivity contribution in [3.8, 4) is 0 Å². The Balaban J connectivity index is 1.67. The maximum atomic E-state index is 12.5. The minimum absolute atomic E-state index is 0.101. The van der Waals surface area contributed by atoms with Gasteiger partial charge in [0.05, 0.1) is 4.90 Å². The van der Waals surface area contributed by atoms with Gasteiger partial charge in [-0.3, -0.25) is 4.79 Å². The van der Waals surface area contributed by atoms with Crippen molar-refractivity contribution in [1.82, 2.24) is 4.31 Å². The standard InChI is InChI=1S/C20H21NO7S/c1-13-11-18(23)28-14(2)19(13)20(24)27-12-17(22)15-5-7-16(8-6-15)29(25,26)21-9-3-4-10-21/h5-8,11H,3-4,9-10,12H2,1-2H3. The molecule has 9 heteroatoms. The smallest absolute Gasteiger partial charge is 0.342 e. The van der Waals surface area contributed by atoms with Gasteiger partial charge in [0, 0.05) is 24.7 Å². The summed E-state index contributed by atoms with van der Waals surface area (Å²) in [7, 11) is -3.56. The molecule has 2 heterocycles. The minimum atomic E-state index is -3.56. The number of ether oxygens (including phenoxy) is 1. The van der Waals surface area contributed by atoms with Crippen LogP contribution in [0.5, 0.6) is 0 Å². The van der Waals surface area contributed by atoms with E-state index in [4.69, 9.17) is 9.15 Å². The summed E-state index contributed by atoms with van der Waals surface area (Å²) < 4.78 is 36.4. The third-order valence-electron chi connectivity index (χ3n) is 4.75. The molecule has 0 bridgehead atoms. The number of esters is 1. The number of hydrogen-bond acceptors (Lipinski definition) is 7. The maximum Gasteiger partial charge on any atom is 0.342 e. The zero-order valence-corrected chi connectivity index (χ0v) is 17.0. The summed E-state index contributed by atoms with van der Waals surface area (Å²) in [4.78, 5) is 36.0. The molecule has 154 valence electrons. The monoisotopic (exact) mass is 419 g/mol. The number of Topliss-reactive ketones (excluding diaryl/α,β-unsaturated/α-hetero) is 1. The SMILES string of the molecule is Cc1cc(=O)oc(C)c1C(=O)OCC(=O)c1ccc(S(=O)(=O)N2CCCC2)cc1. The molecule has 0 aliphatic carbocycles. The van der Waals surface area contributed by atoms with Crippen molar-refractivity contribution in [2.75, 3.05) is 19.7 Å². The Morgan fingerprint density at radius 3 is 2.31 bits per heavy atom. The Morgan fingerprint density at radius 1 is 1.10 bits per heavy atom. The van der Waals surface area contributed by atoms with E-state index in [-0.39, 0.29) is 21.8 Å². The first-order chi connectivity index (χ1) is 13.7. The number of benzene rings is 1. The van der Waals surface area contributed by atoms with Crippen LogP contribution in [0.3, 0.4) is 0 Å². The van der Waals surface area contributed by atoms with Crippen LogP contribution in [0.1, 0.15) is 44.9 Å². The molecule has 0 radical (unpaired) electrons. The summed E-state index contributed by atoms with van der Waals surface area (Å²) in [6.45, 7) is 3.51. The van der Waals surface area contributed by atoms with Crippen LogP contribution in [0.2, 0.25) is 0 Å². The van der Waals surface area contributed by atoms with E-state index in [2.05, 4.69) is 0 Å². The molecule has 0 saturated carbocycles. The van der Waals surface area contributed by atoms with Crippen LogP contribution in [0.25, 0.3) is 0 Å². The average Bonchev–Trinajstić information content (AvgIpc) is 3.21. The fraction of sp³-hybridized carbons (Fsp3) is 0.350. The van der Waals surface area contributed by atoms with Crippen LogP contribution in [-0.4, -0.2) is 44.2 Å². The predicted octanol–water partition coefficient (Wildman–Crippen LogP) is 2.08. The number of nitrogens with zero attached hydrogens (tertiary/aromatic N) is 1. The highest BCUT2D eigenvalue weighted by molar-refractivity contribution is 7.89. The largest absolute Gasteiger partial charge is 0.454 e. The fourth-order valence-electron chi connectivity index (χ4n) is 3.24. The number of carbonyl (C=O) groups excluding carboxylic acids is 2. The van der Waals surface area contributed by atoms with Crippen LogP contribution in [0.4, 0.5) is 0 Å². The molecular formula is C20H21NO7S. The zero-order valence-electron chi connectivity index (χ0n) is 16.1. The number of hydrogen-bond donors (Lipinski definition) is 0. The zero-order chi connectivity index (χ0) is 21.2. The second-order valence-electron chi connectivity index (χ2n) is 6.81. The van der Waals surface area contributed by atoms with Gasteiger partial charge in [-0.2, -0.15) is 4.31 Å². The number of carbonyl (C=O) groups is 2. The van der Waals surface area contributed by atoms with Crippen LogP contribution >= 0.6 is 0 Å². The van der Waals surface area contributed by atoms with Gasteiger partial charge < -0.3 is 9.15 Å². The maximum absolute atomic E-state index is 12.5. The number of aryl methyl sites for hydroxylation is 2. The van der Waals surface area contributed by atoms with Crippen molar-refractivity contribution in [2.24, 2.45) is 0 Å². The third kappa shape index (κ3) is 4.46. The summed E-state index contributed by atoms with van der Waals surface area (Å²) in [6, 6.07) is 6.73. The lowest BCUT2D eigenvalue weighted by atomic mass is 10.1. The Labute approximate surface area is 168 Å². The lowest BCUT2D eigenvalue weighted by molar-refractivity contribution is 0.0470. The van der Waals surface area contributed by atoms with Gasteiger partial charge in [-0.1, -0.05) is 0 Å². The lowest BCUT2D eigenvalue weighted by Crippen LogP contribution is -2.27. The topological polar surface area (TPSA) is 111 Å². The quantitative estimate of drug-likeness (QED) is 0.521. The molecule has 8 nitrogen and oxygen atoms in total. The Kier molecular flexibility index (Phi) is 5.99. The number of sulfonamides is 1. The molecular weight excluding hydrogens is 398 g/mol. The highest BCUT2D eigenvalue weighted by atomic mass is 32.2. The summed E-state index contributed by atoms with van der Waals surface area (Å²) in [5.74, 6) is -1.13. The van der Waals surface area contributed by atoms with E-state index < -0.39 is 34.0 Å². The van der Waals surface area contributed by atoms with E-state index in [1.165, 1.54) is 41.6 Å². The van der Waals surface area contributed by atoms with Crippen LogP contribution in [-0.2, 0) is 14.8 Å². The van der Waals surface area contributed by atoms with Crippen LogP contribution < -0.4 is 5.63 Å². The molecule has 1 aliphatic rings. The molecule has 1 aliphatic heterocycles. The van der Waals surface area contributed by atoms with Gasteiger partial charge in [-0.25, -0.2) is 18.0 Å². The van der Waals surface area contributed by atoms with Crippen molar-refractivity contribution < 1.29 is 27.2 Å². The second-order valence-corrected chi connectivity index (χ2v) is 8.75. The van der Waals surface area contributed by atoms with Gasteiger partial charge in [0.2, 0.25) is 10.0 Å². The van der Waals surface area contributed by atoms with Gasteiger partial charge in [0.1, 0.15) is 11.3 Å². The molecule has 0 amide bonds. The molecule has 0 N–H and O–H groups in total. The van der Waals surface area contributed by atoms with Gasteiger partial charge >= 0.3 is 11.6 Å². The van der Waals surface area contributed by atoms with Crippen LogP contribution in [0.15, 0.2) is 44.4 Å². The summed E-state index contributed by atoms with van der Waals surface area (Å²) >= 11 is 0. The first kappa shape index (κ1) is 20.9. The predicted molar refractivity (Wildman–Crippen MR) is 103 cm³/mol. The Hall–Kier alpha value is -2.78. The third-order valence-corrected chi connectivity index (χ3v) is 6.66. The first-order valence-corrected chi connectivity index (χ1v) is 10.6. The molecule has 2 aromatic rings. The Morgan fingerprint density at radius 2 is 1.72 bits per heavy atom. The van der Waals surface area contributed by atoms with Crippen molar-refractivity contribution >= 4 is 21.8 Å². The second kappa shape index (κ2) is 8.30. The summed E-state index contributed by atoms with van der Waals surface area (Å²) in [5.41, 5.74) is 0.153. The molecule has 1 fully saturated rings. The van der Waals surface area contributed by atoms with Gasteiger partial charge in [-0.05, 0) is 56.5 Å². The Bertz CT molecular complexity index is 1070. The number of rotatable bonds is 6. The van der Waals surface area contributed by atoms with Crippen molar-refractivity contribution in [3.63, 3.8) is 0 Å². The minimum Gasteiger partial charge on any atom is -0.454 e. The molecule has 1 saturated heterocycles. The van der Waals surface area contributed by atoms with E-state index in [1.807, 2.05) is 0 Å². The normalized spacial score (nSPS) is 14.7. The molecule has 29 heavy (non-hydrogen) atoms. The molecule has 3 rings (SSSR count). The van der Waals surface area contributed by atoms with Crippen molar-refractivity contribution in [3.05, 3.63) is 63.2 Å². The van der Waals surface area contributed by atoms with E-state index in [0.29, 0.717) is 18.7 Å². The van der Waals surface area contributed by atoms with E-state index in [1.54, 1.807) is 6.92 Å². The van der Waals surface area contributed by atoms with Crippen molar-refractivity contribution in [2.45, 2.75) is 31.6 Å². The number of ketones is 1. The highest BCUT2D eigenvalue weighted by Crippen LogP contribution is 2.21. The molecule has 0 atom stereocenters. The average molecular weight is 419 g/mol. The molecule has 1 aromatic carbocycles. The molecule has 1 aromatic heterocycles. The van der Waals surface area contributed by atoms with Crippen molar-refractivity contribution in [1.29, 1.82) is 0 Å². The fourth-order valence-corrected chi connectivity index (χ4v) is 4.76. The first-order valence-electron chi connectivity index (χ1n) is 9.12. The van der Waals surface area contributed by atoms with E-state index in [0.717, 1.165) is 12.8 Å². The molecule has 0 unspecified atom stereocenters. The van der Waals surface area contributed by atoms with Gasteiger partial charge in [0.15, 0.2) is 12.4 Å². The van der Waals surface area contributed by atoms with E-state index >= 15 is 0 Å². The lowest BCUT2D eigenvalue weighted by Gasteiger charge is -2.15. The molecule has 0 spiro atoms. The van der Waals surface area contributed by atoms with Crippen LogP contribution in [0, 0.1) is 13.8 Å². The highest BCUT2D eigenvalue weighted by Gasteiger charge is 2.27. The summed E-state index contributed by atoms with van der Waals surface area (Å²) in [5, 5.41) is 0. The van der Waals surface area contributed by atoms with E-state index in [9.17, 15) is 22.8 Å². The van der Waals surface area contributed by atoms with Gasteiger partial charge in [-0.15, -0.1) is 0 Å². The van der Waals surface area contributed by atoms with Gasteiger partial charge in [0.25, 0.3) is 0 Å². The summed E-state index contributed by atoms with van der Waals surface area (Å²) in [6.07, 6.45) is 1.68.